The fourth-order valence-electron chi connectivity index (χ4n) is 8.30. The second kappa shape index (κ2) is 6.19. The monoisotopic (exact) mass is 376 g/mol. The van der Waals surface area contributed by atoms with Crippen molar-refractivity contribution < 1.29 is 19.0 Å². The third-order valence-corrected chi connectivity index (χ3v) is 9.70. The van der Waals surface area contributed by atoms with Gasteiger partial charge in [0.1, 0.15) is 6.10 Å². The molecule has 0 bridgehead atoms. The van der Waals surface area contributed by atoms with Crippen LogP contribution >= 0.6 is 0 Å². The van der Waals surface area contributed by atoms with Crippen molar-refractivity contribution in [2.45, 2.75) is 90.4 Å². The summed E-state index contributed by atoms with van der Waals surface area (Å²) in [5.41, 5.74) is 0.633. The molecule has 4 nitrogen and oxygen atoms in total. The maximum Gasteiger partial charge on any atom is 0.302 e. The van der Waals surface area contributed by atoms with E-state index in [1.165, 1.54) is 38.5 Å². The second-order valence-electron chi connectivity index (χ2n) is 10.7. The first kappa shape index (κ1) is 18.4. The molecule has 4 saturated carbocycles. The molecule has 0 radical (unpaired) electrons. The van der Waals surface area contributed by atoms with Crippen LogP contribution in [0.1, 0.15) is 78.6 Å². The number of hydrogen-bond donors (Lipinski definition) is 0. The van der Waals surface area contributed by atoms with E-state index in [1.807, 2.05) is 0 Å². The van der Waals surface area contributed by atoms with E-state index in [0.717, 1.165) is 56.1 Å². The van der Waals surface area contributed by atoms with Gasteiger partial charge in [-0.25, -0.2) is 0 Å². The van der Waals surface area contributed by atoms with Gasteiger partial charge in [-0.1, -0.05) is 13.8 Å². The average Bonchev–Trinajstić information content (AvgIpc) is 3.21. The molecule has 1 spiro atoms. The van der Waals surface area contributed by atoms with Crippen molar-refractivity contribution in [3.63, 3.8) is 0 Å². The predicted octanol–water partition coefficient (Wildman–Crippen LogP) is 4.70. The van der Waals surface area contributed by atoms with Crippen LogP contribution in [0.25, 0.3) is 0 Å². The lowest BCUT2D eigenvalue weighted by molar-refractivity contribution is -0.230. The van der Waals surface area contributed by atoms with E-state index in [-0.39, 0.29) is 23.3 Å². The summed E-state index contributed by atoms with van der Waals surface area (Å²) in [6.07, 6.45) is 11.0. The zero-order chi connectivity index (χ0) is 18.9. The smallest absolute Gasteiger partial charge is 0.302 e. The van der Waals surface area contributed by atoms with E-state index in [2.05, 4.69) is 13.8 Å². The maximum absolute atomic E-state index is 11.6. The average molecular weight is 377 g/mol. The highest BCUT2D eigenvalue weighted by Gasteiger charge is 2.62. The van der Waals surface area contributed by atoms with Crippen LogP contribution < -0.4 is 0 Å². The normalized spacial score (nSPS) is 50.7. The highest BCUT2D eigenvalue weighted by molar-refractivity contribution is 5.66. The summed E-state index contributed by atoms with van der Waals surface area (Å²) in [6.45, 7) is 8.11. The van der Waals surface area contributed by atoms with Gasteiger partial charge in [-0.05, 0) is 74.0 Å². The van der Waals surface area contributed by atoms with Crippen LogP contribution in [0.3, 0.4) is 0 Å². The summed E-state index contributed by atoms with van der Waals surface area (Å²) < 4.78 is 17.9. The molecular formula is C23H36O4. The topological polar surface area (TPSA) is 44.8 Å². The van der Waals surface area contributed by atoms with Gasteiger partial charge in [-0.15, -0.1) is 0 Å². The molecule has 0 amide bonds. The number of rotatable bonds is 1. The Morgan fingerprint density at radius 1 is 0.889 bits per heavy atom. The lowest BCUT2D eigenvalue weighted by Crippen LogP contribution is -2.56. The summed E-state index contributed by atoms with van der Waals surface area (Å²) in [6, 6.07) is 0. The second-order valence-corrected chi connectivity index (χ2v) is 10.7. The van der Waals surface area contributed by atoms with Crippen LogP contribution in [0, 0.1) is 34.5 Å². The van der Waals surface area contributed by atoms with Crippen LogP contribution in [0.4, 0.5) is 0 Å². The Morgan fingerprint density at radius 3 is 2.37 bits per heavy atom. The molecule has 1 aliphatic heterocycles. The van der Waals surface area contributed by atoms with E-state index >= 15 is 0 Å². The third kappa shape index (κ3) is 2.65. The number of ether oxygens (including phenoxy) is 3. The van der Waals surface area contributed by atoms with Gasteiger partial charge in [0.25, 0.3) is 0 Å². The van der Waals surface area contributed by atoms with Crippen LogP contribution in [0.15, 0.2) is 0 Å². The van der Waals surface area contributed by atoms with Crippen LogP contribution in [-0.2, 0) is 19.0 Å². The molecule has 4 aliphatic carbocycles. The molecule has 0 N–H and O–H groups in total. The van der Waals surface area contributed by atoms with E-state index in [4.69, 9.17) is 14.2 Å². The van der Waals surface area contributed by atoms with Gasteiger partial charge in [0.2, 0.25) is 0 Å². The first-order valence-electron chi connectivity index (χ1n) is 11.3. The molecule has 0 aromatic rings. The minimum atomic E-state index is -0.256. The molecule has 7 atom stereocenters. The predicted molar refractivity (Wildman–Crippen MR) is 102 cm³/mol. The Hall–Kier alpha value is -0.610. The number of carbonyl (C=O) groups excluding carboxylic acids is 1. The number of esters is 1. The molecule has 0 unspecified atom stereocenters. The van der Waals surface area contributed by atoms with Crippen LogP contribution in [0.5, 0.6) is 0 Å². The molecule has 5 fully saturated rings. The van der Waals surface area contributed by atoms with Crippen molar-refractivity contribution >= 4 is 5.97 Å². The minimum Gasteiger partial charge on any atom is -0.462 e. The van der Waals surface area contributed by atoms with Gasteiger partial charge in [0.15, 0.2) is 5.79 Å². The summed E-state index contributed by atoms with van der Waals surface area (Å²) in [7, 11) is 0. The first-order chi connectivity index (χ1) is 12.9. The highest BCUT2D eigenvalue weighted by Crippen LogP contribution is 2.67. The van der Waals surface area contributed by atoms with Gasteiger partial charge < -0.3 is 14.2 Å². The molecule has 152 valence electrons. The summed E-state index contributed by atoms with van der Waals surface area (Å²) in [4.78, 5) is 11.6. The van der Waals surface area contributed by atoms with Gasteiger partial charge >= 0.3 is 5.97 Å². The Balaban J connectivity index is 1.37. The minimum absolute atomic E-state index is 0.103. The molecule has 0 aromatic carbocycles. The summed E-state index contributed by atoms with van der Waals surface area (Å²) >= 11 is 0. The standard InChI is InChI=1S/C23H36O4/c1-15(24)27-20-7-6-18-17-5-4-16-14-23(25-12-13-26-23)11-10-21(16,2)19(17)8-9-22(18,20)3/h16-20H,4-14H2,1-3H3/t16-,17+,18+,19+,20+,21-,22+/m0/s1. The van der Waals surface area contributed by atoms with Gasteiger partial charge in [0, 0.05) is 25.2 Å². The SMILES string of the molecule is CC(=O)O[C@@H]1CC[C@@H]2[C@H]3CC[C@H]4CC5(CC[C@]4(C)[C@@H]3CC[C@]21C)OCCO5. The lowest BCUT2D eigenvalue weighted by Gasteiger charge is -2.61. The summed E-state index contributed by atoms with van der Waals surface area (Å²) in [5, 5.41) is 0. The molecule has 1 heterocycles. The Bertz CT molecular complexity index is 611. The molecule has 5 aliphatic rings. The Morgan fingerprint density at radius 2 is 1.63 bits per heavy atom. The Labute approximate surface area is 163 Å². The van der Waals surface area contributed by atoms with E-state index in [9.17, 15) is 4.79 Å². The number of hydrogen-bond acceptors (Lipinski definition) is 4. The molecular weight excluding hydrogens is 340 g/mol. The Kier molecular flexibility index (Phi) is 4.22. The van der Waals surface area contributed by atoms with E-state index in [1.54, 1.807) is 6.92 Å². The first-order valence-corrected chi connectivity index (χ1v) is 11.3. The fraction of sp³-hybridized carbons (Fsp3) is 0.957. The largest absolute Gasteiger partial charge is 0.462 e. The van der Waals surface area contributed by atoms with Crippen molar-refractivity contribution in [2.24, 2.45) is 34.5 Å². The van der Waals surface area contributed by atoms with Crippen molar-refractivity contribution in [3.05, 3.63) is 0 Å². The van der Waals surface area contributed by atoms with Crippen LogP contribution in [0.2, 0.25) is 0 Å². The molecule has 0 aromatic heterocycles. The van der Waals surface area contributed by atoms with Gasteiger partial charge in [-0.2, -0.15) is 0 Å². The van der Waals surface area contributed by atoms with Crippen molar-refractivity contribution in [3.8, 4) is 0 Å². The fourth-order valence-corrected chi connectivity index (χ4v) is 8.30. The molecule has 1 saturated heterocycles. The van der Waals surface area contributed by atoms with E-state index < -0.39 is 0 Å². The van der Waals surface area contributed by atoms with Crippen molar-refractivity contribution in [2.75, 3.05) is 13.2 Å². The number of fused-ring (bicyclic) bond motifs is 5. The van der Waals surface area contributed by atoms with Crippen molar-refractivity contribution in [1.29, 1.82) is 0 Å². The van der Waals surface area contributed by atoms with Crippen molar-refractivity contribution in [1.82, 2.24) is 0 Å². The maximum atomic E-state index is 11.6. The molecule has 5 rings (SSSR count). The summed E-state index contributed by atoms with van der Waals surface area (Å²) in [5.74, 6) is 2.74. The molecule has 4 heteroatoms. The van der Waals surface area contributed by atoms with Gasteiger partial charge in [-0.3, -0.25) is 4.79 Å². The highest BCUT2D eigenvalue weighted by atomic mass is 16.7. The number of carbonyl (C=O) groups is 1. The van der Waals surface area contributed by atoms with Gasteiger partial charge in [0.05, 0.1) is 13.2 Å². The van der Waals surface area contributed by atoms with Crippen LogP contribution in [-0.4, -0.2) is 31.1 Å². The van der Waals surface area contributed by atoms with E-state index in [0.29, 0.717) is 5.41 Å². The quantitative estimate of drug-likeness (QED) is 0.622. The lowest BCUT2D eigenvalue weighted by atomic mass is 9.45. The third-order valence-electron chi connectivity index (χ3n) is 9.70. The molecule has 27 heavy (non-hydrogen) atoms. The zero-order valence-corrected chi connectivity index (χ0v) is 17.3. The zero-order valence-electron chi connectivity index (χ0n) is 17.3.